The lowest BCUT2D eigenvalue weighted by molar-refractivity contribution is 0.0903. The summed E-state index contributed by atoms with van der Waals surface area (Å²) in [4.78, 5) is 31.4. The van der Waals surface area contributed by atoms with Gasteiger partial charge in [-0.3, -0.25) is 9.59 Å². The lowest BCUT2D eigenvalue weighted by Gasteiger charge is -2.33. The number of hydrogen-bond donors (Lipinski definition) is 1. The van der Waals surface area contributed by atoms with Gasteiger partial charge in [-0.05, 0) is 44.0 Å². The average Bonchev–Trinajstić information content (AvgIpc) is 2.73. The fraction of sp³-hybridized carbons (Fsp3) is 0.381. The molecule has 0 spiro atoms. The number of nitrogens with zero attached hydrogens (tertiary/aromatic N) is 2. The third-order valence-electron chi connectivity index (χ3n) is 4.84. The number of ketones is 1. The number of rotatable bonds is 6. The van der Waals surface area contributed by atoms with E-state index in [1.807, 2.05) is 37.3 Å². The van der Waals surface area contributed by atoms with Crippen molar-refractivity contribution >= 4 is 17.5 Å². The Kier molecular flexibility index (Phi) is 6.06. The van der Waals surface area contributed by atoms with Crippen LogP contribution in [0.2, 0.25) is 0 Å². The van der Waals surface area contributed by atoms with E-state index < -0.39 is 0 Å². The van der Waals surface area contributed by atoms with E-state index >= 15 is 0 Å². The summed E-state index contributed by atoms with van der Waals surface area (Å²) in [6, 6.07) is 11.0. The minimum Gasteiger partial charge on any atom is -0.496 e. The monoisotopic (exact) mass is 367 g/mol. The van der Waals surface area contributed by atoms with E-state index in [9.17, 15) is 9.59 Å². The zero-order valence-electron chi connectivity index (χ0n) is 15.8. The van der Waals surface area contributed by atoms with Crippen LogP contribution in [0.4, 0.5) is 5.82 Å². The van der Waals surface area contributed by atoms with Gasteiger partial charge in [0, 0.05) is 31.7 Å². The highest BCUT2D eigenvalue weighted by Gasteiger charge is 2.28. The van der Waals surface area contributed by atoms with Crippen LogP contribution in [0.15, 0.2) is 42.6 Å². The molecule has 2 heterocycles. The second kappa shape index (κ2) is 8.66. The molecule has 3 rings (SSSR count). The van der Waals surface area contributed by atoms with E-state index in [0.717, 1.165) is 25.2 Å². The Morgan fingerprint density at radius 2 is 2.07 bits per heavy atom. The van der Waals surface area contributed by atoms with E-state index in [1.165, 1.54) is 0 Å². The first-order valence-electron chi connectivity index (χ1n) is 9.30. The molecular formula is C21H25N3O3. The van der Waals surface area contributed by atoms with Gasteiger partial charge in [0.25, 0.3) is 5.91 Å². The topological polar surface area (TPSA) is 71.5 Å². The van der Waals surface area contributed by atoms with Crippen molar-refractivity contribution < 1.29 is 14.3 Å². The Hall–Kier alpha value is -2.89. The second-order valence-electron chi connectivity index (χ2n) is 6.61. The number of nitrogens with one attached hydrogen (secondary N) is 1. The highest BCUT2D eigenvalue weighted by atomic mass is 16.5. The maximum absolute atomic E-state index is 13.0. The zero-order valence-corrected chi connectivity index (χ0v) is 15.8. The standard InChI is InChI=1S/C21H25N3O3/c1-3-22-21(26)15-10-11-19(23-13-15)24-12-6-7-16(14-24)20(25)17-8-4-5-9-18(17)27-2/h4-5,8-11,13,16H,3,6-7,12,14H2,1-2H3,(H,22,26)/t16-/m0/s1. The molecule has 1 aromatic heterocycles. The maximum atomic E-state index is 13.0. The summed E-state index contributed by atoms with van der Waals surface area (Å²) in [6.07, 6.45) is 3.36. The third-order valence-corrected chi connectivity index (χ3v) is 4.84. The van der Waals surface area contributed by atoms with Gasteiger partial charge in [0.15, 0.2) is 5.78 Å². The normalized spacial score (nSPS) is 16.7. The van der Waals surface area contributed by atoms with Gasteiger partial charge in [-0.2, -0.15) is 0 Å². The predicted molar refractivity (Wildman–Crippen MR) is 105 cm³/mol. The molecule has 1 N–H and O–H groups in total. The van der Waals surface area contributed by atoms with Gasteiger partial charge < -0.3 is 15.0 Å². The fourth-order valence-electron chi connectivity index (χ4n) is 3.44. The molecule has 27 heavy (non-hydrogen) atoms. The van der Waals surface area contributed by atoms with E-state index in [1.54, 1.807) is 19.4 Å². The molecule has 6 heteroatoms. The van der Waals surface area contributed by atoms with Gasteiger partial charge in [-0.25, -0.2) is 4.98 Å². The van der Waals surface area contributed by atoms with Crippen molar-refractivity contribution in [2.24, 2.45) is 5.92 Å². The Morgan fingerprint density at radius 1 is 1.26 bits per heavy atom. The minimum absolute atomic E-state index is 0.0973. The maximum Gasteiger partial charge on any atom is 0.252 e. The molecule has 2 aromatic rings. The molecule has 1 aromatic carbocycles. The van der Waals surface area contributed by atoms with Crippen LogP contribution < -0.4 is 15.0 Å². The SMILES string of the molecule is CCNC(=O)c1ccc(N2CCC[C@H](C(=O)c3ccccc3OC)C2)nc1. The van der Waals surface area contributed by atoms with Crippen molar-refractivity contribution in [3.8, 4) is 5.75 Å². The first-order chi connectivity index (χ1) is 13.1. The summed E-state index contributed by atoms with van der Waals surface area (Å²) in [6.45, 7) is 3.93. The van der Waals surface area contributed by atoms with Crippen molar-refractivity contribution in [1.29, 1.82) is 0 Å². The Balaban J connectivity index is 1.72. The molecule has 6 nitrogen and oxygen atoms in total. The predicted octanol–water partition coefficient (Wildman–Crippen LogP) is 2.94. The molecule has 142 valence electrons. The molecule has 1 aliphatic heterocycles. The Bertz CT molecular complexity index is 805. The van der Waals surface area contributed by atoms with Gasteiger partial charge in [-0.1, -0.05) is 12.1 Å². The van der Waals surface area contributed by atoms with Crippen molar-refractivity contribution in [2.45, 2.75) is 19.8 Å². The molecule has 0 bridgehead atoms. The zero-order chi connectivity index (χ0) is 19.2. The molecule has 0 unspecified atom stereocenters. The van der Waals surface area contributed by atoms with Crippen LogP contribution in [0.1, 0.15) is 40.5 Å². The lowest BCUT2D eigenvalue weighted by atomic mass is 9.89. The second-order valence-corrected chi connectivity index (χ2v) is 6.61. The van der Waals surface area contributed by atoms with Crippen LogP contribution in [0, 0.1) is 5.92 Å². The van der Waals surface area contributed by atoms with Gasteiger partial charge in [0.2, 0.25) is 0 Å². The molecular weight excluding hydrogens is 342 g/mol. The number of ether oxygens (including phenoxy) is 1. The van der Waals surface area contributed by atoms with Crippen LogP contribution in [0.3, 0.4) is 0 Å². The van der Waals surface area contributed by atoms with Crippen LogP contribution in [0.5, 0.6) is 5.75 Å². The first kappa shape index (κ1) is 18.9. The highest BCUT2D eigenvalue weighted by Crippen LogP contribution is 2.28. The molecule has 1 amide bonds. The Morgan fingerprint density at radius 3 is 2.78 bits per heavy atom. The van der Waals surface area contributed by atoms with Gasteiger partial charge in [0.1, 0.15) is 11.6 Å². The molecule has 0 aliphatic carbocycles. The van der Waals surface area contributed by atoms with E-state index in [2.05, 4.69) is 15.2 Å². The highest BCUT2D eigenvalue weighted by molar-refractivity contribution is 6.00. The average molecular weight is 367 g/mol. The van der Waals surface area contributed by atoms with E-state index in [0.29, 0.717) is 30.0 Å². The van der Waals surface area contributed by atoms with Crippen molar-refractivity contribution in [3.63, 3.8) is 0 Å². The van der Waals surface area contributed by atoms with E-state index in [-0.39, 0.29) is 17.6 Å². The van der Waals surface area contributed by atoms with Crippen molar-refractivity contribution in [2.75, 3.05) is 31.6 Å². The summed E-state index contributed by atoms with van der Waals surface area (Å²) in [5.74, 6) is 1.29. The van der Waals surface area contributed by atoms with Crippen LogP contribution >= 0.6 is 0 Å². The third kappa shape index (κ3) is 4.27. The number of aromatic nitrogens is 1. The summed E-state index contributed by atoms with van der Waals surface area (Å²) >= 11 is 0. The van der Waals surface area contributed by atoms with Gasteiger partial charge in [-0.15, -0.1) is 0 Å². The number of methoxy groups -OCH3 is 1. The summed E-state index contributed by atoms with van der Waals surface area (Å²) < 4.78 is 5.34. The summed E-state index contributed by atoms with van der Waals surface area (Å²) in [5, 5.41) is 2.76. The summed E-state index contributed by atoms with van der Waals surface area (Å²) in [5.41, 5.74) is 1.17. The number of pyridine rings is 1. The molecule has 0 saturated carbocycles. The quantitative estimate of drug-likeness (QED) is 0.795. The van der Waals surface area contributed by atoms with Gasteiger partial charge >= 0.3 is 0 Å². The molecule has 1 fully saturated rings. The number of para-hydroxylation sites is 1. The number of carbonyl (C=O) groups excluding carboxylic acids is 2. The molecule has 1 aliphatic rings. The summed E-state index contributed by atoms with van der Waals surface area (Å²) in [7, 11) is 1.58. The number of anilines is 1. The smallest absolute Gasteiger partial charge is 0.252 e. The van der Waals surface area contributed by atoms with Crippen LogP contribution in [0.25, 0.3) is 0 Å². The number of hydrogen-bond acceptors (Lipinski definition) is 5. The van der Waals surface area contributed by atoms with Crippen LogP contribution in [-0.4, -0.2) is 43.4 Å². The number of carbonyl (C=O) groups is 2. The minimum atomic E-state index is -0.126. The number of piperidine rings is 1. The lowest BCUT2D eigenvalue weighted by Crippen LogP contribution is -2.39. The van der Waals surface area contributed by atoms with E-state index in [4.69, 9.17) is 4.74 Å². The number of Topliss-reactive ketones (excluding diaryl/α,β-unsaturated/α-hetero) is 1. The molecule has 1 saturated heterocycles. The number of amides is 1. The van der Waals surface area contributed by atoms with Crippen LogP contribution in [-0.2, 0) is 0 Å². The van der Waals surface area contributed by atoms with Crippen molar-refractivity contribution in [3.05, 3.63) is 53.7 Å². The first-order valence-corrected chi connectivity index (χ1v) is 9.30. The fourth-order valence-corrected chi connectivity index (χ4v) is 3.44. The van der Waals surface area contributed by atoms with Crippen molar-refractivity contribution in [1.82, 2.24) is 10.3 Å². The number of benzene rings is 1. The Labute approximate surface area is 159 Å². The molecule has 1 atom stereocenters. The van der Waals surface area contributed by atoms with Gasteiger partial charge in [0.05, 0.1) is 18.2 Å². The largest absolute Gasteiger partial charge is 0.496 e. The molecule has 0 radical (unpaired) electrons.